The molecule has 1 aromatic heterocycles. The number of aromatic nitrogens is 3. The summed E-state index contributed by atoms with van der Waals surface area (Å²) in [5, 5.41) is 3.72. The van der Waals surface area contributed by atoms with Crippen molar-refractivity contribution in [2.45, 2.75) is 0 Å². The van der Waals surface area contributed by atoms with Gasteiger partial charge in [-0.1, -0.05) is 30.3 Å². The standard InChI is InChI=1S/C9H8N4O/c10-9(14)13-8(11-6-12-13)7-4-2-1-3-5-7/h1-6H,(H2,10,14). The van der Waals surface area contributed by atoms with Crippen LogP contribution in [0.3, 0.4) is 0 Å². The topological polar surface area (TPSA) is 73.8 Å². The first kappa shape index (κ1) is 8.43. The van der Waals surface area contributed by atoms with E-state index in [1.807, 2.05) is 30.3 Å². The molecule has 70 valence electrons. The molecule has 0 spiro atoms. The highest BCUT2D eigenvalue weighted by atomic mass is 16.2. The number of amides is 1. The summed E-state index contributed by atoms with van der Waals surface area (Å²) in [6.45, 7) is 0. The molecule has 0 bridgehead atoms. The lowest BCUT2D eigenvalue weighted by Gasteiger charge is -1.99. The average molecular weight is 188 g/mol. The van der Waals surface area contributed by atoms with Crippen LogP contribution in [0.15, 0.2) is 36.7 Å². The molecule has 14 heavy (non-hydrogen) atoms. The van der Waals surface area contributed by atoms with Crippen molar-refractivity contribution in [1.29, 1.82) is 0 Å². The van der Waals surface area contributed by atoms with E-state index in [9.17, 15) is 4.79 Å². The van der Waals surface area contributed by atoms with Gasteiger partial charge in [-0.05, 0) is 0 Å². The number of carbonyl (C=O) groups excluding carboxylic acids is 1. The third-order valence-electron chi connectivity index (χ3n) is 1.79. The lowest BCUT2D eigenvalue weighted by Crippen LogP contribution is -2.21. The maximum absolute atomic E-state index is 10.9. The summed E-state index contributed by atoms with van der Waals surface area (Å²) < 4.78 is 1.06. The average Bonchev–Trinajstić information content (AvgIpc) is 2.67. The third-order valence-corrected chi connectivity index (χ3v) is 1.79. The maximum Gasteiger partial charge on any atom is 0.341 e. The van der Waals surface area contributed by atoms with Crippen LogP contribution in [0.1, 0.15) is 0 Å². The fourth-order valence-corrected chi connectivity index (χ4v) is 1.19. The number of hydrogen-bond donors (Lipinski definition) is 1. The predicted molar refractivity (Wildman–Crippen MR) is 50.4 cm³/mol. The zero-order chi connectivity index (χ0) is 9.97. The van der Waals surface area contributed by atoms with Crippen molar-refractivity contribution >= 4 is 6.03 Å². The summed E-state index contributed by atoms with van der Waals surface area (Å²) in [6, 6.07) is 8.63. The molecule has 5 nitrogen and oxygen atoms in total. The number of nitrogens with two attached hydrogens (primary N) is 1. The van der Waals surface area contributed by atoms with Gasteiger partial charge < -0.3 is 5.73 Å². The van der Waals surface area contributed by atoms with Crippen molar-refractivity contribution in [2.75, 3.05) is 0 Å². The van der Waals surface area contributed by atoms with E-state index in [2.05, 4.69) is 10.1 Å². The summed E-state index contributed by atoms with van der Waals surface area (Å²) in [6.07, 6.45) is 1.30. The Kier molecular flexibility index (Phi) is 1.98. The lowest BCUT2D eigenvalue weighted by atomic mass is 10.2. The summed E-state index contributed by atoms with van der Waals surface area (Å²) in [7, 11) is 0. The Morgan fingerprint density at radius 1 is 1.29 bits per heavy atom. The van der Waals surface area contributed by atoms with Gasteiger partial charge in [-0.2, -0.15) is 9.78 Å². The van der Waals surface area contributed by atoms with Gasteiger partial charge in [0.05, 0.1) is 0 Å². The molecular weight excluding hydrogens is 180 g/mol. The zero-order valence-corrected chi connectivity index (χ0v) is 7.29. The van der Waals surface area contributed by atoms with E-state index in [0.717, 1.165) is 10.2 Å². The number of rotatable bonds is 1. The Labute approximate surface area is 80.2 Å². The molecule has 0 radical (unpaired) electrons. The van der Waals surface area contributed by atoms with Crippen molar-refractivity contribution in [3.63, 3.8) is 0 Å². The van der Waals surface area contributed by atoms with Gasteiger partial charge in [0.15, 0.2) is 5.82 Å². The monoisotopic (exact) mass is 188 g/mol. The van der Waals surface area contributed by atoms with E-state index in [4.69, 9.17) is 5.73 Å². The first-order valence-corrected chi connectivity index (χ1v) is 4.04. The second-order valence-electron chi connectivity index (χ2n) is 2.70. The van der Waals surface area contributed by atoms with Gasteiger partial charge in [0, 0.05) is 5.56 Å². The van der Waals surface area contributed by atoms with Crippen LogP contribution in [0.4, 0.5) is 4.79 Å². The third kappa shape index (κ3) is 1.35. The molecule has 0 unspecified atom stereocenters. The number of hydrogen-bond acceptors (Lipinski definition) is 3. The van der Waals surface area contributed by atoms with Crippen molar-refractivity contribution in [1.82, 2.24) is 14.8 Å². The molecule has 0 atom stereocenters. The zero-order valence-electron chi connectivity index (χ0n) is 7.29. The molecule has 2 aromatic rings. The van der Waals surface area contributed by atoms with E-state index >= 15 is 0 Å². The molecule has 0 aliphatic rings. The Hall–Kier alpha value is -2.17. The number of carbonyl (C=O) groups is 1. The molecule has 0 saturated carbocycles. The highest BCUT2D eigenvalue weighted by Crippen LogP contribution is 2.14. The predicted octanol–water partition coefficient (Wildman–Crippen LogP) is 0.872. The maximum atomic E-state index is 10.9. The van der Waals surface area contributed by atoms with Crippen molar-refractivity contribution in [3.05, 3.63) is 36.7 Å². The molecule has 0 saturated heterocycles. The SMILES string of the molecule is NC(=O)n1ncnc1-c1ccccc1. The molecular formula is C9H8N4O. The Bertz CT molecular complexity index is 449. The highest BCUT2D eigenvalue weighted by molar-refractivity contribution is 5.78. The van der Waals surface area contributed by atoms with Crippen molar-refractivity contribution in [2.24, 2.45) is 5.73 Å². The van der Waals surface area contributed by atoms with Crippen molar-refractivity contribution in [3.8, 4) is 11.4 Å². The number of primary amides is 1. The van der Waals surface area contributed by atoms with E-state index < -0.39 is 6.03 Å². The summed E-state index contributed by atoms with van der Waals surface area (Å²) in [4.78, 5) is 14.9. The van der Waals surface area contributed by atoms with E-state index in [1.54, 1.807) is 0 Å². The summed E-state index contributed by atoms with van der Waals surface area (Å²) >= 11 is 0. The van der Waals surface area contributed by atoms with E-state index in [0.29, 0.717) is 5.82 Å². The van der Waals surface area contributed by atoms with Gasteiger partial charge in [-0.3, -0.25) is 0 Å². The van der Waals surface area contributed by atoms with Crippen LogP contribution in [0.2, 0.25) is 0 Å². The summed E-state index contributed by atoms with van der Waals surface area (Å²) in [5.74, 6) is 0.457. The Morgan fingerprint density at radius 3 is 2.64 bits per heavy atom. The van der Waals surface area contributed by atoms with Crippen LogP contribution in [0.5, 0.6) is 0 Å². The van der Waals surface area contributed by atoms with Gasteiger partial charge in [0.2, 0.25) is 0 Å². The molecule has 2 N–H and O–H groups in total. The second kappa shape index (κ2) is 3.29. The van der Waals surface area contributed by atoms with E-state index in [-0.39, 0.29) is 0 Å². The normalized spacial score (nSPS) is 10.0. The van der Waals surface area contributed by atoms with Gasteiger partial charge >= 0.3 is 6.03 Å². The van der Waals surface area contributed by atoms with Crippen LogP contribution in [0, 0.1) is 0 Å². The van der Waals surface area contributed by atoms with Crippen LogP contribution in [-0.4, -0.2) is 20.8 Å². The van der Waals surface area contributed by atoms with Crippen molar-refractivity contribution < 1.29 is 4.79 Å². The summed E-state index contributed by atoms with van der Waals surface area (Å²) in [5.41, 5.74) is 5.93. The lowest BCUT2D eigenvalue weighted by molar-refractivity contribution is 0.248. The molecule has 0 aliphatic heterocycles. The van der Waals surface area contributed by atoms with E-state index in [1.165, 1.54) is 6.33 Å². The first-order chi connectivity index (χ1) is 6.79. The smallest absolute Gasteiger partial charge is 0.341 e. The second-order valence-corrected chi connectivity index (χ2v) is 2.70. The van der Waals surface area contributed by atoms with Crippen LogP contribution < -0.4 is 5.73 Å². The highest BCUT2D eigenvalue weighted by Gasteiger charge is 2.09. The molecule has 0 aliphatic carbocycles. The van der Waals surface area contributed by atoms with Crippen LogP contribution in [0.25, 0.3) is 11.4 Å². The Morgan fingerprint density at radius 2 is 2.00 bits per heavy atom. The molecule has 1 amide bonds. The first-order valence-electron chi connectivity index (χ1n) is 4.04. The Balaban J connectivity index is 2.52. The quantitative estimate of drug-likeness (QED) is 0.721. The minimum absolute atomic E-state index is 0.457. The van der Waals surface area contributed by atoms with Crippen LogP contribution in [-0.2, 0) is 0 Å². The fourth-order valence-electron chi connectivity index (χ4n) is 1.19. The van der Waals surface area contributed by atoms with Crippen LogP contribution >= 0.6 is 0 Å². The molecule has 1 aromatic carbocycles. The molecule has 5 heteroatoms. The molecule has 0 fully saturated rings. The fraction of sp³-hybridized carbons (Fsp3) is 0. The van der Waals surface area contributed by atoms with Gasteiger partial charge in [0.25, 0.3) is 0 Å². The minimum atomic E-state index is -0.638. The minimum Gasteiger partial charge on any atom is -0.350 e. The van der Waals surface area contributed by atoms with Gasteiger partial charge in [-0.15, -0.1) is 0 Å². The molecule has 2 rings (SSSR count). The largest absolute Gasteiger partial charge is 0.350 e. The van der Waals surface area contributed by atoms with Gasteiger partial charge in [-0.25, -0.2) is 9.78 Å². The number of nitrogens with zero attached hydrogens (tertiary/aromatic N) is 3. The molecule has 1 heterocycles. The van der Waals surface area contributed by atoms with Gasteiger partial charge in [0.1, 0.15) is 6.33 Å². The number of benzene rings is 1.